The van der Waals surface area contributed by atoms with Crippen LogP contribution in [-0.4, -0.2) is 97.1 Å². The number of fused-ring (bicyclic) bond motifs is 1. The standard InChI is InChI=1S/C14H17NO3.C14H15NO2.C3H8O2.2ClH.Mg/c1-2-18-14(17)13(16)10-15-9-5-7-11-6-3-4-8-12(11)15;1-2-17-14(16)12-9-15-8-4-6-10-5-3-7-11(12)13(10)15;1-5-3-2-4;;;/h3-4,6,8H,2,5,7,9-10H2,1H3;3,5,7,9H,2,4,6,8H2,1H3;4H,2-3H2,1H3;2*1H;/q;;;;;+2/p-2. The minimum absolute atomic E-state index is 0. The van der Waals surface area contributed by atoms with Gasteiger partial charge in [0.15, 0.2) is 0 Å². The number of Topliss-reactive ketones (excluding diaryl/α,β-unsaturated/α-hetero) is 1. The predicted molar refractivity (Wildman–Crippen MR) is 160 cm³/mol. The van der Waals surface area contributed by atoms with Gasteiger partial charge >= 0.3 is 35.0 Å². The van der Waals surface area contributed by atoms with E-state index < -0.39 is 11.8 Å². The molecule has 9 nitrogen and oxygen atoms in total. The van der Waals surface area contributed by atoms with Gasteiger partial charge in [-0.1, -0.05) is 36.4 Å². The van der Waals surface area contributed by atoms with Crippen molar-refractivity contribution < 1.29 is 58.5 Å². The van der Waals surface area contributed by atoms with Crippen molar-refractivity contribution >= 4 is 57.4 Å². The molecule has 1 N–H and O–H groups in total. The molecule has 0 aliphatic carbocycles. The van der Waals surface area contributed by atoms with Crippen LogP contribution in [0.1, 0.15) is 48.2 Å². The van der Waals surface area contributed by atoms with Crippen LogP contribution in [-0.2, 0) is 43.2 Å². The molecule has 3 heterocycles. The third-order valence-corrected chi connectivity index (χ3v) is 6.66. The number of aliphatic hydroxyl groups is 1. The Balaban J connectivity index is 0.000000670. The van der Waals surface area contributed by atoms with Gasteiger partial charge in [0, 0.05) is 37.5 Å². The fourth-order valence-electron chi connectivity index (χ4n) is 4.94. The first-order chi connectivity index (χ1) is 19.4. The van der Waals surface area contributed by atoms with Crippen molar-refractivity contribution in [2.45, 2.75) is 46.1 Å². The Labute approximate surface area is 282 Å². The molecule has 0 saturated carbocycles. The van der Waals surface area contributed by atoms with Gasteiger partial charge in [0.2, 0.25) is 0 Å². The number of aromatic nitrogens is 1. The van der Waals surface area contributed by atoms with E-state index in [0.717, 1.165) is 49.8 Å². The number of aryl methyl sites for hydroxylation is 3. The van der Waals surface area contributed by atoms with Gasteiger partial charge in [0.25, 0.3) is 5.78 Å². The van der Waals surface area contributed by atoms with Crippen molar-refractivity contribution in [1.29, 1.82) is 0 Å². The molecule has 0 spiro atoms. The van der Waals surface area contributed by atoms with Gasteiger partial charge < -0.3 is 53.6 Å². The zero-order chi connectivity index (χ0) is 28.9. The average Bonchev–Trinajstić information content (AvgIpc) is 3.35. The van der Waals surface area contributed by atoms with Crippen LogP contribution in [0.5, 0.6) is 0 Å². The van der Waals surface area contributed by atoms with E-state index in [1.54, 1.807) is 14.0 Å². The van der Waals surface area contributed by atoms with Gasteiger partial charge in [0.05, 0.1) is 44.1 Å². The smallest absolute Gasteiger partial charge is 1.00 e. The zero-order valence-electron chi connectivity index (χ0n) is 25.2. The fourth-order valence-corrected chi connectivity index (χ4v) is 4.94. The van der Waals surface area contributed by atoms with Crippen molar-refractivity contribution in [3.8, 4) is 0 Å². The SMILES string of the molecule is CCOC(=O)C(=O)CN1CCCc2ccccc21.CCOC(=O)c1cn2c3c(cccc13)CCC2.COCCO.[Cl-].[Cl-].[Mg+2]. The summed E-state index contributed by atoms with van der Waals surface area (Å²) in [5.41, 5.74) is 5.54. The number of halogens is 2. The number of anilines is 1. The van der Waals surface area contributed by atoms with Crippen LogP contribution in [0.15, 0.2) is 48.7 Å². The van der Waals surface area contributed by atoms with Crippen LogP contribution in [0.4, 0.5) is 5.69 Å². The summed E-state index contributed by atoms with van der Waals surface area (Å²) in [5.74, 6) is -1.43. The molecule has 0 bridgehead atoms. The zero-order valence-corrected chi connectivity index (χ0v) is 28.1. The van der Waals surface area contributed by atoms with Crippen LogP contribution in [0.25, 0.3) is 10.9 Å². The topological polar surface area (TPSA) is 107 Å². The van der Waals surface area contributed by atoms with E-state index in [1.165, 1.54) is 16.6 Å². The molecular weight excluding hydrogens is 608 g/mol. The number of nitrogens with zero attached hydrogens (tertiary/aromatic N) is 2. The minimum Gasteiger partial charge on any atom is -1.00 e. The van der Waals surface area contributed by atoms with Crippen molar-refractivity contribution in [1.82, 2.24) is 4.57 Å². The number of rotatable bonds is 8. The van der Waals surface area contributed by atoms with E-state index in [4.69, 9.17) is 14.6 Å². The molecule has 2 aromatic carbocycles. The van der Waals surface area contributed by atoms with Crippen LogP contribution < -0.4 is 29.7 Å². The first-order valence-corrected chi connectivity index (χ1v) is 13.9. The number of carbonyl (C=O) groups is 3. The Bertz CT molecular complexity index is 1300. The van der Waals surface area contributed by atoms with Crippen molar-refractivity contribution in [3.05, 3.63) is 65.4 Å². The molecule has 0 amide bonds. The molecule has 0 unspecified atom stereocenters. The van der Waals surface area contributed by atoms with Gasteiger partial charge in [-0.05, 0) is 56.7 Å². The summed E-state index contributed by atoms with van der Waals surface area (Å²) in [6.07, 6.45) is 6.21. The Morgan fingerprint density at radius 1 is 0.884 bits per heavy atom. The summed E-state index contributed by atoms with van der Waals surface area (Å²) >= 11 is 0. The van der Waals surface area contributed by atoms with Crippen LogP contribution in [0.2, 0.25) is 0 Å². The second kappa shape index (κ2) is 21.4. The predicted octanol–water partition coefficient (Wildman–Crippen LogP) is -2.41. The monoisotopic (exact) mass is 646 g/mol. The van der Waals surface area contributed by atoms with Crippen LogP contribution in [0.3, 0.4) is 0 Å². The second-order valence-electron chi connectivity index (χ2n) is 9.39. The number of esters is 2. The maximum atomic E-state index is 11.9. The minimum atomic E-state index is -0.736. The van der Waals surface area contributed by atoms with E-state index in [2.05, 4.69) is 21.4 Å². The maximum absolute atomic E-state index is 11.9. The number of carbonyl (C=O) groups excluding carboxylic acids is 3. The van der Waals surface area contributed by atoms with E-state index >= 15 is 0 Å². The molecule has 1 aromatic heterocycles. The van der Waals surface area contributed by atoms with Gasteiger partial charge in [-0.3, -0.25) is 4.79 Å². The third-order valence-electron chi connectivity index (χ3n) is 6.66. The van der Waals surface area contributed by atoms with Crippen molar-refractivity contribution in [3.63, 3.8) is 0 Å². The number of ether oxygens (including phenoxy) is 3. The van der Waals surface area contributed by atoms with Gasteiger partial charge in [0.1, 0.15) is 0 Å². The molecule has 5 rings (SSSR count). The second-order valence-corrected chi connectivity index (χ2v) is 9.39. The van der Waals surface area contributed by atoms with Gasteiger partial charge in [-0.25, -0.2) is 9.59 Å². The molecule has 0 atom stereocenters. The summed E-state index contributed by atoms with van der Waals surface area (Å²) in [6, 6.07) is 14.2. The summed E-state index contributed by atoms with van der Waals surface area (Å²) in [4.78, 5) is 36.9. The molecule has 43 heavy (non-hydrogen) atoms. The number of hydrogen-bond donors (Lipinski definition) is 1. The molecule has 12 heteroatoms. The van der Waals surface area contributed by atoms with Crippen LogP contribution >= 0.6 is 0 Å². The number of para-hydroxylation sites is 2. The quantitative estimate of drug-likeness (QED) is 0.164. The molecule has 3 aromatic rings. The van der Waals surface area contributed by atoms with E-state index in [9.17, 15) is 14.4 Å². The molecule has 0 radical (unpaired) electrons. The molecule has 0 fully saturated rings. The summed E-state index contributed by atoms with van der Waals surface area (Å²) < 4.78 is 16.4. The summed E-state index contributed by atoms with van der Waals surface area (Å²) in [5, 5.41) is 8.97. The molecular formula is C31H40Cl2MgN2O7. The Morgan fingerprint density at radius 3 is 2.19 bits per heavy atom. The Morgan fingerprint density at radius 2 is 1.53 bits per heavy atom. The van der Waals surface area contributed by atoms with Gasteiger partial charge in [-0.15, -0.1) is 0 Å². The summed E-state index contributed by atoms with van der Waals surface area (Å²) in [6.45, 7) is 6.66. The number of benzene rings is 2. The first kappa shape index (κ1) is 40.7. The van der Waals surface area contributed by atoms with Crippen molar-refractivity contribution in [2.75, 3.05) is 51.5 Å². The van der Waals surface area contributed by atoms with Crippen molar-refractivity contribution in [2.24, 2.45) is 0 Å². The average molecular weight is 648 g/mol. The maximum Gasteiger partial charge on any atom is 2.00 e. The molecule has 0 saturated heterocycles. The third kappa shape index (κ3) is 11.3. The van der Waals surface area contributed by atoms with Crippen LogP contribution in [0, 0.1) is 0 Å². The Hall–Kier alpha value is -2.34. The normalized spacial score (nSPS) is 12.3. The first-order valence-electron chi connectivity index (χ1n) is 13.9. The largest absolute Gasteiger partial charge is 2.00 e. The number of aliphatic hydroxyl groups excluding tert-OH is 1. The van der Waals surface area contributed by atoms with E-state index in [-0.39, 0.29) is 73.6 Å². The van der Waals surface area contributed by atoms with E-state index in [0.29, 0.717) is 18.8 Å². The van der Waals surface area contributed by atoms with Gasteiger partial charge in [-0.2, -0.15) is 0 Å². The molecule has 2 aliphatic heterocycles. The molecule has 2 aliphatic rings. The number of hydrogen-bond acceptors (Lipinski definition) is 8. The Kier molecular flexibility index (Phi) is 20.2. The molecule has 232 valence electrons. The van der Waals surface area contributed by atoms with E-state index in [1.807, 2.05) is 48.4 Å². The number of methoxy groups -OCH3 is 1. The number of ketones is 1. The fraction of sp³-hybridized carbons (Fsp3) is 0.452. The summed E-state index contributed by atoms with van der Waals surface area (Å²) in [7, 11) is 1.55.